The van der Waals surface area contributed by atoms with Crippen molar-refractivity contribution >= 4 is 28.5 Å². The Bertz CT molecular complexity index is 1230. The molecule has 0 saturated carbocycles. The summed E-state index contributed by atoms with van der Waals surface area (Å²) in [6.45, 7) is 2.67. The Hall–Kier alpha value is -3.91. The largest absolute Gasteiger partial charge is 0.508 e. The lowest BCUT2D eigenvalue weighted by molar-refractivity contribution is -0.129. The second kappa shape index (κ2) is 11.7. The van der Waals surface area contributed by atoms with E-state index >= 15 is 0 Å². The first-order valence-electron chi connectivity index (χ1n) is 12.2. The van der Waals surface area contributed by atoms with Crippen LogP contribution in [0.2, 0.25) is 0 Å². The third kappa shape index (κ3) is 6.60. The molecule has 1 heterocycles. The summed E-state index contributed by atoms with van der Waals surface area (Å²) in [7, 11) is 0. The highest BCUT2D eigenvalue weighted by Crippen LogP contribution is 2.23. The molecule has 4 rings (SSSR count). The molecule has 0 spiro atoms. The number of epoxide rings is 1. The predicted molar refractivity (Wildman–Crippen MR) is 136 cm³/mol. The highest BCUT2D eigenvalue weighted by Gasteiger charge is 2.50. The summed E-state index contributed by atoms with van der Waals surface area (Å²) in [6.07, 6.45) is 0.0250. The Morgan fingerprint density at radius 2 is 1.58 bits per heavy atom. The summed E-state index contributed by atoms with van der Waals surface area (Å²) >= 11 is 0. The average Bonchev–Trinajstić information content (AvgIpc) is 3.69. The molecule has 0 aromatic heterocycles. The number of carbonyl (C=O) groups is 3. The molecular formula is C28H31N3O5. The van der Waals surface area contributed by atoms with E-state index in [0.717, 1.165) is 21.9 Å². The zero-order valence-electron chi connectivity index (χ0n) is 20.2. The van der Waals surface area contributed by atoms with Gasteiger partial charge in [-0.2, -0.15) is 0 Å². The van der Waals surface area contributed by atoms with E-state index < -0.39 is 24.2 Å². The molecule has 1 saturated heterocycles. The van der Waals surface area contributed by atoms with Crippen molar-refractivity contribution < 1.29 is 24.2 Å². The van der Waals surface area contributed by atoms with Crippen LogP contribution in [-0.2, 0) is 32.1 Å². The van der Waals surface area contributed by atoms with Crippen LogP contribution in [0.15, 0.2) is 66.7 Å². The number of phenols is 1. The normalized spacial score (nSPS) is 17.2. The quantitative estimate of drug-likeness (QED) is 0.309. The van der Waals surface area contributed by atoms with E-state index in [1.54, 1.807) is 24.3 Å². The molecule has 1 aliphatic rings. The van der Waals surface area contributed by atoms with Crippen LogP contribution in [0.5, 0.6) is 5.75 Å². The van der Waals surface area contributed by atoms with Gasteiger partial charge in [0.25, 0.3) is 11.8 Å². The first kappa shape index (κ1) is 25.2. The number of ether oxygens (including phenoxy) is 1. The van der Waals surface area contributed by atoms with Crippen molar-refractivity contribution in [1.29, 1.82) is 0 Å². The van der Waals surface area contributed by atoms with Gasteiger partial charge in [0.1, 0.15) is 11.8 Å². The maximum atomic E-state index is 12.8. The molecule has 3 aromatic rings. The summed E-state index contributed by atoms with van der Waals surface area (Å²) < 4.78 is 5.30. The minimum absolute atomic E-state index is 0.187. The van der Waals surface area contributed by atoms with Crippen molar-refractivity contribution in [3.63, 3.8) is 0 Å². The predicted octanol–water partition coefficient (Wildman–Crippen LogP) is 2.57. The molecule has 0 bridgehead atoms. The molecule has 4 N–H and O–H groups in total. The summed E-state index contributed by atoms with van der Waals surface area (Å²) in [5.74, 6) is -0.907. The topological polar surface area (TPSA) is 120 Å². The lowest BCUT2D eigenvalue weighted by atomic mass is 10.1. The van der Waals surface area contributed by atoms with Gasteiger partial charge in [0.2, 0.25) is 5.91 Å². The first-order valence-corrected chi connectivity index (χ1v) is 12.2. The number of carbonyl (C=O) groups excluding carboxylic acids is 3. The van der Waals surface area contributed by atoms with Crippen LogP contribution in [0.25, 0.3) is 10.8 Å². The standard InChI is InChI=1S/C28H31N3O5/c1-2-5-23(26(33)30-17-19-8-11-20-6-3-4-7-21(20)16-19)31-28(35)25-24(36-25)27(34)29-15-14-18-9-12-22(32)13-10-18/h3-4,6-13,16,23-25,32H,2,5,14-15,17H2,1H3,(H,29,34)(H,30,33)(H,31,35)/t23-,24+,25?/m0/s1. The van der Waals surface area contributed by atoms with Crippen LogP contribution < -0.4 is 16.0 Å². The number of phenolic OH excluding ortho intramolecular Hbond substituents is 1. The molecular weight excluding hydrogens is 458 g/mol. The zero-order chi connectivity index (χ0) is 25.5. The van der Waals surface area contributed by atoms with Crippen molar-refractivity contribution in [3.05, 3.63) is 77.9 Å². The minimum Gasteiger partial charge on any atom is -0.508 e. The van der Waals surface area contributed by atoms with Gasteiger partial charge in [-0.3, -0.25) is 14.4 Å². The van der Waals surface area contributed by atoms with Gasteiger partial charge in [-0.25, -0.2) is 0 Å². The fraction of sp³-hybridized carbons (Fsp3) is 0.321. The van der Waals surface area contributed by atoms with Crippen LogP contribution in [-0.4, -0.2) is 47.6 Å². The fourth-order valence-electron chi connectivity index (χ4n) is 4.08. The molecule has 36 heavy (non-hydrogen) atoms. The van der Waals surface area contributed by atoms with Crippen molar-refractivity contribution in [2.75, 3.05) is 6.54 Å². The molecule has 0 aliphatic carbocycles. The second-order valence-electron chi connectivity index (χ2n) is 8.93. The van der Waals surface area contributed by atoms with E-state index in [1.807, 2.05) is 49.4 Å². The number of benzene rings is 3. The van der Waals surface area contributed by atoms with Crippen LogP contribution >= 0.6 is 0 Å². The maximum absolute atomic E-state index is 12.8. The van der Waals surface area contributed by atoms with Gasteiger partial charge < -0.3 is 25.8 Å². The number of rotatable bonds is 11. The van der Waals surface area contributed by atoms with Gasteiger partial charge in [-0.05, 0) is 52.9 Å². The highest BCUT2D eigenvalue weighted by molar-refractivity contribution is 5.97. The molecule has 1 unspecified atom stereocenters. The lowest BCUT2D eigenvalue weighted by Crippen LogP contribution is -2.48. The van der Waals surface area contributed by atoms with Crippen LogP contribution in [0.4, 0.5) is 0 Å². The molecule has 8 heteroatoms. The number of hydrogen-bond acceptors (Lipinski definition) is 5. The van der Waals surface area contributed by atoms with Crippen molar-refractivity contribution in [1.82, 2.24) is 16.0 Å². The molecule has 1 aliphatic heterocycles. The van der Waals surface area contributed by atoms with Crippen LogP contribution in [0.1, 0.15) is 30.9 Å². The van der Waals surface area contributed by atoms with E-state index in [0.29, 0.717) is 32.4 Å². The zero-order valence-corrected chi connectivity index (χ0v) is 20.2. The van der Waals surface area contributed by atoms with E-state index in [9.17, 15) is 19.5 Å². The number of amides is 3. The summed E-state index contributed by atoms with van der Waals surface area (Å²) in [4.78, 5) is 37.8. The number of hydrogen-bond donors (Lipinski definition) is 4. The Labute approximate surface area is 210 Å². The van der Waals surface area contributed by atoms with Gasteiger partial charge in [0, 0.05) is 13.1 Å². The third-order valence-corrected chi connectivity index (χ3v) is 6.15. The highest BCUT2D eigenvalue weighted by atomic mass is 16.6. The average molecular weight is 490 g/mol. The molecule has 1 fully saturated rings. The molecule has 0 radical (unpaired) electrons. The number of nitrogens with one attached hydrogen (secondary N) is 3. The summed E-state index contributed by atoms with van der Waals surface area (Å²) in [6, 6.07) is 20.1. The van der Waals surface area contributed by atoms with Gasteiger partial charge >= 0.3 is 0 Å². The van der Waals surface area contributed by atoms with Crippen LogP contribution in [0.3, 0.4) is 0 Å². The minimum atomic E-state index is -0.897. The Kier molecular flexibility index (Phi) is 8.17. The van der Waals surface area contributed by atoms with E-state index in [2.05, 4.69) is 16.0 Å². The smallest absolute Gasteiger partial charge is 0.253 e. The summed E-state index contributed by atoms with van der Waals surface area (Å²) in [5, 5.41) is 20.0. The van der Waals surface area contributed by atoms with E-state index in [1.165, 1.54) is 0 Å². The molecule has 3 atom stereocenters. The van der Waals surface area contributed by atoms with Gasteiger partial charge in [-0.15, -0.1) is 0 Å². The number of aromatic hydroxyl groups is 1. The van der Waals surface area contributed by atoms with E-state index in [4.69, 9.17) is 4.74 Å². The Balaban J connectivity index is 1.23. The molecule has 8 nitrogen and oxygen atoms in total. The summed E-state index contributed by atoms with van der Waals surface area (Å²) in [5.41, 5.74) is 1.94. The van der Waals surface area contributed by atoms with Gasteiger partial charge in [-0.1, -0.05) is 61.9 Å². The van der Waals surface area contributed by atoms with Gasteiger partial charge in [0.15, 0.2) is 12.2 Å². The Morgan fingerprint density at radius 1 is 0.889 bits per heavy atom. The first-order chi connectivity index (χ1) is 17.4. The third-order valence-electron chi connectivity index (χ3n) is 6.15. The molecule has 3 aromatic carbocycles. The van der Waals surface area contributed by atoms with Crippen molar-refractivity contribution in [3.8, 4) is 5.75 Å². The number of fused-ring (bicyclic) bond motifs is 1. The van der Waals surface area contributed by atoms with Crippen molar-refractivity contribution in [2.24, 2.45) is 0 Å². The molecule has 3 amide bonds. The van der Waals surface area contributed by atoms with Crippen LogP contribution in [0, 0.1) is 0 Å². The van der Waals surface area contributed by atoms with Gasteiger partial charge in [0.05, 0.1) is 0 Å². The maximum Gasteiger partial charge on any atom is 0.253 e. The van der Waals surface area contributed by atoms with Crippen molar-refractivity contribution in [2.45, 2.75) is 51.0 Å². The fourth-order valence-corrected chi connectivity index (χ4v) is 4.08. The lowest BCUT2D eigenvalue weighted by Gasteiger charge is -2.17. The Morgan fingerprint density at radius 3 is 2.33 bits per heavy atom. The molecule has 188 valence electrons. The monoisotopic (exact) mass is 489 g/mol. The second-order valence-corrected chi connectivity index (χ2v) is 8.93. The van der Waals surface area contributed by atoms with E-state index in [-0.39, 0.29) is 17.6 Å². The SMILES string of the molecule is CCC[C@H](NC(=O)C1O[C@H]1C(=O)NCCc1ccc(O)cc1)C(=O)NCc1ccc2ccccc2c1.